The van der Waals surface area contributed by atoms with Gasteiger partial charge < -0.3 is 39.1 Å². The summed E-state index contributed by atoms with van der Waals surface area (Å²) in [5.41, 5.74) is -3.27. The zero-order chi connectivity index (χ0) is 60.5. The van der Waals surface area contributed by atoms with Gasteiger partial charge in [0.05, 0.1) is 17.4 Å². The lowest BCUT2D eigenvalue weighted by Crippen LogP contribution is -2.54. The maximum absolute atomic E-state index is 13.9. The zero-order valence-corrected chi connectivity index (χ0v) is 51.7. The molecule has 1 aromatic heterocycles. The molecule has 0 radical (unpaired) electrons. The number of carbonyl (C=O) groups is 5. The predicted octanol–water partition coefficient (Wildman–Crippen LogP) is 7.49. The zero-order valence-electron chi connectivity index (χ0n) is 51.7. The lowest BCUT2D eigenvalue weighted by atomic mass is 9.87. The Hall–Kier alpha value is -5.00. The highest BCUT2D eigenvalue weighted by Gasteiger charge is 2.36. The van der Waals surface area contributed by atoms with Crippen molar-refractivity contribution in [2.75, 3.05) is 79.4 Å². The van der Waals surface area contributed by atoms with Crippen LogP contribution in [0.1, 0.15) is 197 Å². The second-order valence-corrected chi connectivity index (χ2v) is 23.9. The largest absolute Gasteiger partial charge is 0.461 e. The topological polar surface area (TPSA) is 266 Å². The third-order valence-electron chi connectivity index (χ3n) is 15.4. The van der Waals surface area contributed by atoms with Crippen LogP contribution < -0.4 is 33.5 Å². The van der Waals surface area contributed by atoms with Crippen molar-refractivity contribution in [3.8, 4) is 0 Å². The first-order valence-corrected chi connectivity index (χ1v) is 31.0. The van der Waals surface area contributed by atoms with Crippen LogP contribution in [0, 0.1) is 10.8 Å². The second kappa shape index (κ2) is 38.8. The van der Waals surface area contributed by atoms with Gasteiger partial charge in [-0.3, -0.25) is 19.4 Å². The number of aromatic nitrogens is 3. The number of hydrogen-bond acceptors (Lipinski definition) is 17. The molecule has 2 aliphatic heterocycles. The molecule has 0 aromatic carbocycles. The number of alkyl carbamates (subject to hydrolysis) is 2. The molecule has 2 saturated heterocycles. The third-order valence-corrected chi connectivity index (χ3v) is 15.4. The van der Waals surface area contributed by atoms with E-state index in [0.717, 1.165) is 96.0 Å². The van der Waals surface area contributed by atoms with Crippen LogP contribution in [0.4, 0.5) is 14.4 Å². The number of esters is 2. The van der Waals surface area contributed by atoms with Crippen molar-refractivity contribution in [2.45, 2.75) is 241 Å². The number of ether oxygens (including phenoxy) is 6. The first-order chi connectivity index (χ1) is 39.1. The Morgan fingerprint density at radius 1 is 0.549 bits per heavy atom. The maximum atomic E-state index is 13.9. The van der Waals surface area contributed by atoms with Crippen LogP contribution in [0.2, 0.25) is 0 Å². The molecule has 2 fully saturated rings. The monoisotopic (exact) mass is 1170 g/mol. The van der Waals surface area contributed by atoms with Gasteiger partial charge in [0.25, 0.3) is 0 Å². The quantitative estimate of drug-likeness (QED) is 0.0109. The highest BCUT2D eigenvalue weighted by atomic mass is 16.6. The smallest absolute Gasteiger partial charge is 0.424 e. The number of rotatable bonds is 46. The summed E-state index contributed by atoms with van der Waals surface area (Å²) in [6, 6.07) is 0.748. The van der Waals surface area contributed by atoms with E-state index >= 15 is 0 Å². The number of nitrogens with two attached hydrogens (primary N) is 1. The average Bonchev–Trinajstić information content (AvgIpc) is 4.50. The number of hydrogen-bond donors (Lipinski definition) is 3. The van der Waals surface area contributed by atoms with E-state index in [1.807, 2.05) is 27.7 Å². The predicted molar refractivity (Wildman–Crippen MR) is 314 cm³/mol. The fourth-order valence-corrected chi connectivity index (χ4v) is 9.60. The number of unbranched alkanes of at least 4 members (excludes halogenated alkanes) is 15. The van der Waals surface area contributed by atoms with Gasteiger partial charge in [0.2, 0.25) is 0 Å². The van der Waals surface area contributed by atoms with Crippen LogP contribution in [0.3, 0.4) is 0 Å². The van der Waals surface area contributed by atoms with E-state index in [0.29, 0.717) is 115 Å². The van der Waals surface area contributed by atoms with Crippen LogP contribution in [-0.4, -0.2) is 162 Å². The van der Waals surface area contributed by atoms with Gasteiger partial charge in [-0.2, -0.15) is 0 Å². The van der Waals surface area contributed by atoms with Gasteiger partial charge in [0, 0.05) is 84.6 Å². The first-order valence-electron chi connectivity index (χ1n) is 31.0. The standard InChI is InChI=1S/C59H107N9O14/c1-10-12-14-22-30-58(5,6)50(69)79-44-48(42-63-40-46(63)3)81-52(71)61-32-24-16-18-26-34-65-54(73)66(56(75)67(55(65)74)36-28-20-21-29-37-68(60)57(76)78-39-38-77-9)35-27-19-17-25-33-62-53(72)82-49(43-64-41-47(64)4)45-80-51(70)59(7,8)31-23-15-13-11-2/h46-49H,10-45,60H2,1-9H3,(H,61,71)(H,62,72). The Balaban J connectivity index is 1.53. The molecule has 472 valence electrons. The number of methoxy groups -OCH3 is 1. The Bertz CT molecular complexity index is 2110. The molecular formula is C59H107N9O14. The van der Waals surface area contributed by atoms with Crippen molar-refractivity contribution >= 4 is 30.2 Å². The van der Waals surface area contributed by atoms with E-state index in [-0.39, 0.29) is 64.5 Å². The Kier molecular flexibility index (Phi) is 33.7. The number of hydrazine groups is 1. The Morgan fingerprint density at radius 2 is 0.915 bits per heavy atom. The molecule has 6 unspecified atom stereocenters. The molecule has 3 rings (SSSR count). The van der Waals surface area contributed by atoms with Gasteiger partial charge in [0.15, 0.2) is 12.2 Å². The number of nitrogens with zero attached hydrogens (tertiary/aromatic N) is 6. The van der Waals surface area contributed by atoms with E-state index in [9.17, 15) is 38.4 Å². The molecule has 23 heteroatoms. The summed E-state index contributed by atoms with van der Waals surface area (Å²) in [7, 11) is 1.50. The van der Waals surface area contributed by atoms with Crippen molar-refractivity contribution in [1.29, 1.82) is 0 Å². The summed E-state index contributed by atoms with van der Waals surface area (Å²) in [6.07, 6.45) is 14.1. The molecule has 6 atom stereocenters. The summed E-state index contributed by atoms with van der Waals surface area (Å²) in [6.45, 7) is 20.3. The molecule has 3 heterocycles. The first kappa shape index (κ1) is 71.3. The van der Waals surface area contributed by atoms with Crippen LogP contribution in [0.15, 0.2) is 14.4 Å². The van der Waals surface area contributed by atoms with Crippen molar-refractivity contribution in [2.24, 2.45) is 16.7 Å². The molecule has 3 amide bonds. The van der Waals surface area contributed by atoms with Gasteiger partial charge in [-0.05, 0) is 92.9 Å². The molecular weight excluding hydrogens is 1060 g/mol. The SMILES string of the molecule is CCCCCCC(C)(C)C(=O)OCC(CN1CC1C)OC(=O)NCCCCCCn1c(=O)n(CCCCCCNC(=O)OC(COC(=O)C(C)(C)CCCCCC)CN2CC2C)c(=O)n(CCCCCCN(N)C(=O)OCCOC)c1=O. The lowest BCUT2D eigenvalue weighted by molar-refractivity contribution is -0.158. The minimum absolute atomic E-state index is 0.0236. The lowest BCUT2D eigenvalue weighted by Gasteiger charge is -2.25. The van der Waals surface area contributed by atoms with Gasteiger partial charge in [-0.15, -0.1) is 0 Å². The summed E-state index contributed by atoms with van der Waals surface area (Å²) in [5, 5.41) is 6.62. The Labute approximate surface area is 488 Å². The molecule has 82 heavy (non-hydrogen) atoms. The molecule has 2 aliphatic rings. The highest BCUT2D eigenvalue weighted by Crippen LogP contribution is 2.28. The molecule has 0 spiro atoms. The average molecular weight is 1170 g/mol. The van der Waals surface area contributed by atoms with Gasteiger partial charge >= 0.3 is 47.3 Å². The van der Waals surface area contributed by atoms with Crippen molar-refractivity contribution in [1.82, 2.24) is 39.1 Å². The summed E-state index contributed by atoms with van der Waals surface area (Å²) in [5.74, 6) is 5.24. The van der Waals surface area contributed by atoms with E-state index in [1.165, 1.54) is 7.11 Å². The van der Waals surface area contributed by atoms with Crippen molar-refractivity contribution in [3.63, 3.8) is 0 Å². The number of amides is 3. The third kappa shape index (κ3) is 28.1. The molecule has 4 N–H and O–H groups in total. The van der Waals surface area contributed by atoms with E-state index in [4.69, 9.17) is 34.3 Å². The van der Waals surface area contributed by atoms with Gasteiger partial charge in [-0.25, -0.2) is 53.3 Å². The number of nitrogens with one attached hydrogen (secondary N) is 2. The van der Waals surface area contributed by atoms with Crippen LogP contribution in [0.5, 0.6) is 0 Å². The normalized spacial score (nSPS) is 17.3. The molecule has 23 nitrogen and oxygen atoms in total. The molecule has 1 aromatic rings. The fraction of sp³-hybridized carbons (Fsp3) is 0.864. The highest BCUT2D eigenvalue weighted by molar-refractivity contribution is 5.76. The number of carbonyl (C=O) groups excluding carboxylic acids is 5. The van der Waals surface area contributed by atoms with Crippen LogP contribution in [0.25, 0.3) is 0 Å². The van der Waals surface area contributed by atoms with Crippen LogP contribution in [-0.2, 0) is 57.6 Å². The Morgan fingerprint density at radius 3 is 1.28 bits per heavy atom. The minimum atomic E-state index is -0.667. The van der Waals surface area contributed by atoms with E-state index < -0.39 is 58.4 Å². The van der Waals surface area contributed by atoms with E-state index in [2.05, 4.69) is 48.1 Å². The van der Waals surface area contributed by atoms with Crippen molar-refractivity contribution in [3.05, 3.63) is 31.5 Å². The maximum Gasteiger partial charge on any atom is 0.424 e. The molecule has 0 saturated carbocycles. The van der Waals surface area contributed by atoms with E-state index in [1.54, 1.807) is 0 Å². The fourth-order valence-electron chi connectivity index (χ4n) is 9.60. The summed E-state index contributed by atoms with van der Waals surface area (Å²) in [4.78, 5) is 110. The summed E-state index contributed by atoms with van der Waals surface area (Å²) < 4.78 is 36.2. The minimum Gasteiger partial charge on any atom is -0.461 e. The second-order valence-electron chi connectivity index (χ2n) is 23.9. The van der Waals surface area contributed by atoms with Gasteiger partial charge in [-0.1, -0.05) is 104 Å². The van der Waals surface area contributed by atoms with Crippen LogP contribution >= 0.6 is 0 Å². The van der Waals surface area contributed by atoms with Crippen molar-refractivity contribution < 1.29 is 52.4 Å². The molecule has 0 aliphatic carbocycles. The molecule has 0 bridgehead atoms. The van der Waals surface area contributed by atoms with Gasteiger partial charge in [0.1, 0.15) is 19.8 Å². The summed E-state index contributed by atoms with van der Waals surface area (Å²) >= 11 is 0.